The normalized spacial score (nSPS) is 30.7. The van der Waals surface area contributed by atoms with Crippen LogP contribution in [-0.2, 0) is 28.6 Å². The molecule has 118 valence electrons. The molecule has 0 aliphatic carbocycles. The van der Waals surface area contributed by atoms with Gasteiger partial charge in [-0.1, -0.05) is 0 Å². The summed E-state index contributed by atoms with van der Waals surface area (Å²) in [6.07, 6.45) is -3.07. The molecular formula is C11H15NO9. The van der Waals surface area contributed by atoms with Crippen LogP contribution >= 0.6 is 0 Å². The Labute approximate surface area is 119 Å². The maximum atomic E-state index is 11.6. The number of fused-ring (bicyclic) bond motifs is 1. The van der Waals surface area contributed by atoms with Crippen LogP contribution in [-0.4, -0.2) is 66.2 Å². The molecule has 2 aliphatic rings. The van der Waals surface area contributed by atoms with Crippen molar-refractivity contribution < 1.29 is 38.8 Å². The van der Waals surface area contributed by atoms with Crippen molar-refractivity contribution in [1.29, 1.82) is 0 Å². The quantitative estimate of drug-likeness (QED) is 0.343. The highest BCUT2D eigenvalue weighted by molar-refractivity contribution is 5.83. The van der Waals surface area contributed by atoms with Crippen molar-refractivity contribution in [2.24, 2.45) is 0 Å². The van der Waals surface area contributed by atoms with Crippen LogP contribution in [0.1, 0.15) is 12.8 Å². The van der Waals surface area contributed by atoms with Crippen molar-refractivity contribution in [2.75, 3.05) is 19.8 Å². The summed E-state index contributed by atoms with van der Waals surface area (Å²) >= 11 is 0. The fourth-order valence-corrected chi connectivity index (χ4v) is 2.28. The van der Waals surface area contributed by atoms with Gasteiger partial charge in [-0.15, -0.1) is 10.1 Å². The topological polar surface area (TPSA) is 134 Å². The summed E-state index contributed by atoms with van der Waals surface area (Å²) < 4.78 is 15.7. The fourth-order valence-electron chi connectivity index (χ4n) is 2.28. The molecule has 1 N–H and O–H groups in total. The lowest BCUT2D eigenvalue weighted by molar-refractivity contribution is -0.769. The van der Waals surface area contributed by atoms with Gasteiger partial charge in [0, 0.05) is 6.42 Å². The van der Waals surface area contributed by atoms with E-state index < -0.39 is 47.9 Å². The smallest absolute Gasteiger partial charge is 0.306 e. The van der Waals surface area contributed by atoms with Crippen LogP contribution in [0.25, 0.3) is 0 Å². The summed E-state index contributed by atoms with van der Waals surface area (Å²) in [5.74, 6) is -1.07. The Hall–Kier alpha value is -1.78. The van der Waals surface area contributed by atoms with Crippen LogP contribution in [0.4, 0.5) is 0 Å². The largest absolute Gasteiger partial charge is 0.457 e. The molecule has 0 aromatic rings. The molecule has 0 aromatic heterocycles. The lowest BCUT2D eigenvalue weighted by Gasteiger charge is -2.16. The molecule has 2 saturated heterocycles. The first-order chi connectivity index (χ1) is 10.0. The third kappa shape index (κ3) is 3.86. The van der Waals surface area contributed by atoms with E-state index in [4.69, 9.17) is 19.3 Å². The Morgan fingerprint density at radius 2 is 1.81 bits per heavy atom. The molecule has 0 unspecified atom stereocenters. The van der Waals surface area contributed by atoms with E-state index in [9.17, 15) is 19.7 Å². The zero-order chi connectivity index (χ0) is 15.4. The maximum absolute atomic E-state index is 11.6. The molecule has 2 rings (SSSR count). The van der Waals surface area contributed by atoms with E-state index in [-0.39, 0.29) is 26.1 Å². The summed E-state index contributed by atoms with van der Waals surface area (Å²) in [6.45, 7) is -0.590. The Kier molecular flexibility index (Phi) is 5.04. The maximum Gasteiger partial charge on any atom is 0.306 e. The highest BCUT2D eigenvalue weighted by Crippen LogP contribution is 2.30. The van der Waals surface area contributed by atoms with Crippen molar-refractivity contribution in [2.45, 2.75) is 37.3 Å². The van der Waals surface area contributed by atoms with Crippen molar-refractivity contribution >= 4 is 11.8 Å². The number of carbonyl (C=O) groups is 2. The monoisotopic (exact) mass is 305 g/mol. The number of Topliss-reactive ketones (excluding diaryl/α,β-unsaturated/α-hetero) is 1. The SMILES string of the molecule is O=C(CO)CCC(=O)O[C@H]1CO[C@H]2[C@@H]1OC[C@H]2O[N+](=O)[O-]. The third-order valence-electron chi connectivity index (χ3n) is 3.25. The van der Waals surface area contributed by atoms with Gasteiger partial charge in [-0.25, -0.2) is 0 Å². The van der Waals surface area contributed by atoms with Gasteiger partial charge in [0.05, 0.1) is 19.6 Å². The van der Waals surface area contributed by atoms with Crippen LogP contribution in [0.5, 0.6) is 0 Å². The molecule has 0 radical (unpaired) electrons. The minimum absolute atomic E-state index is 0.0205. The van der Waals surface area contributed by atoms with E-state index in [1.54, 1.807) is 0 Å². The van der Waals surface area contributed by atoms with Crippen LogP contribution in [0.3, 0.4) is 0 Å². The fraction of sp³-hybridized carbons (Fsp3) is 0.818. The van der Waals surface area contributed by atoms with Crippen molar-refractivity contribution in [3.8, 4) is 0 Å². The molecule has 21 heavy (non-hydrogen) atoms. The first-order valence-corrected chi connectivity index (χ1v) is 6.37. The van der Waals surface area contributed by atoms with Crippen LogP contribution in [0, 0.1) is 10.1 Å². The van der Waals surface area contributed by atoms with E-state index in [1.165, 1.54) is 0 Å². The molecule has 2 aliphatic heterocycles. The van der Waals surface area contributed by atoms with Gasteiger partial charge >= 0.3 is 5.97 Å². The number of aliphatic hydroxyl groups is 1. The van der Waals surface area contributed by atoms with E-state index in [0.717, 1.165) is 0 Å². The molecule has 10 nitrogen and oxygen atoms in total. The van der Waals surface area contributed by atoms with Gasteiger partial charge in [0.25, 0.3) is 5.09 Å². The number of rotatable bonds is 7. The highest BCUT2D eigenvalue weighted by atomic mass is 17.0. The lowest BCUT2D eigenvalue weighted by atomic mass is 10.1. The second kappa shape index (κ2) is 6.78. The van der Waals surface area contributed by atoms with Gasteiger partial charge in [-0.2, -0.15) is 0 Å². The lowest BCUT2D eigenvalue weighted by Crippen LogP contribution is -2.35. The average Bonchev–Trinajstić information content (AvgIpc) is 3.00. The van der Waals surface area contributed by atoms with Gasteiger partial charge in [0.2, 0.25) is 0 Å². The Balaban J connectivity index is 1.80. The molecule has 4 atom stereocenters. The summed E-state index contributed by atoms with van der Waals surface area (Å²) in [7, 11) is 0. The number of hydrogen-bond donors (Lipinski definition) is 1. The first kappa shape index (κ1) is 15.6. The standard InChI is InChI=1S/C11H15NO9/c13-3-6(14)1-2-9(15)20-7-4-18-11-8(21-12(16)17)5-19-10(7)11/h7-8,10-11,13H,1-5H2/t7-,8+,10+,11+/m0/s1. The van der Waals surface area contributed by atoms with Gasteiger partial charge in [0.1, 0.15) is 18.8 Å². The molecule has 0 amide bonds. The Morgan fingerprint density at radius 1 is 1.19 bits per heavy atom. The van der Waals surface area contributed by atoms with E-state index in [0.29, 0.717) is 0 Å². The van der Waals surface area contributed by atoms with Crippen molar-refractivity contribution in [3.63, 3.8) is 0 Å². The van der Waals surface area contributed by atoms with E-state index >= 15 is 0 Å². The van der Waals surface area contributed by atoms with Crippen molar-refractivity contribution in [1.82, 2.24) is 0 Å². The second-order valence-electron chi connectivity index (χ2n) is 4.69. The zero-order valence-electron chi connectivity index (χ0n) is 11.0. The molecule has 2 fully saturated rings. The van der Waals surface area contributed by atoms with Gasteiger partial charge in [-0.3, -0.25) is 9.59 Å². The number of ketones is 1. The number of ether oxygens (including phenoxy) is 3. The van der Waals surface area contributed by atoms with E-state index in [2.05, 4.69) is 4.84 Å². The van der Waals surface area contributed by atoms with Gasteiger partial charge < -0.3 is 24.2 Å². The van der Waals surface area contributed by atoms with Crippen molar-refractivity contribution in [3.05, 3.63) is 10.1 Å². The Morgan fingerprint density at radius 3 is 2.43 bits per heavy atom. The molecule has 0 spiro atoms. The molecule has 10 heteroatoms. The molecule has 0 saturated carbocycles. The van der Waals surface area contributed by atoms with Crippen LogP contribution < -0.4 is 0 Å². The zero-order valence-corrected chi connectivity index (χ0v) is 11.0. The average molecular weight is 305 g/mol. The van der Waals surface area contributed by atoms with Gasteiger partial charge in [-0.05, 0) is 0 Å². The number of aliphatic hydroxyl groups excluding tert-OH is 1. The number of hydrogen-bond acceptors (Lipinski definition) is 9. The molecular weight excluding hydrogens is 290 g/mol. The third-order valence-corrected chi connectivity index (χ3v) is 3.25. The second-order valence-corrected chi connectivity index (χ2v) is 4.69. The number of esters is 1. The van der Waals surface area contributed by atoms with E-state index in [1.807, 2.05) is 0 Å². The first-order valence-electron chi connectivity index (χ1n) is 6.37. The number of carbonyl (C=O) groups excluding carboxylic acids is 2. The summed E-state index contributed by atoms with van der Waals surface area (Å²) in [5.41, 5.74) is 0. The van der Waals surface area contributed by atoms with Gasteiger partial charge in [0.15, 0.2) is 18.0 Å². The van der Waals surface area contributed by atoms with Crippen LogP contribution in [0.15, 0.2) is 0 Å². The summed E-state index contributed by atoms with van der Waals surface area (Å²) in [4.78, 5) is 37.2. The Bertz CT molecular complexity index is 426. The minimum Gasteiger partial charge on any atom is -0.457 e. The predicted octanol–water partition coefficient (Wildman–Crippen LogP) is -1.39. The number of nitrogens with zero attached hydrogens (tertiary/aromatic N) is 1. The molecule has 2 heterocycles. The predicted molar refractivity (Wildman–Crippen MR) is 62.6 cm³/mol. The summed E-state index contributed by atoms with van der Waals surface area (Å²) in [6, 6.07) is 0. The molecule has 0 bridgehead atoms. The highest BCUT2D eigenvalue weighted by Gasteiger charge is 2.51. The molecule has 0 aromatic carbocycles. The van der Waals surface area contributed by atoms with Crippen LogP contribution in [0.2, 0.25) is 0 Å². The minimum atomic E-state index is -0.917. The summed E-state index contributed by atoms with van der Waals surface area (Å²) in [5, 5.41) is 17.9.